The van der Waals surface area contributed by atoms with Gasteiger partial charge in [0.05, 0.1) is 18.1 Å². The molecule has 2 aromatic carbocycles. The Kier molecular flexibility index (Phi) is 6.05. The largest absolute Gasteiger partial charge is 0.466 e. The van der Waals surface area contributed by atoms with Crippen molar-refractivity contribution in [3.63, 3.8) is 0 Å². The zero-order chi connectivity index (χ0) is 24.8. The van der Waals surface area contributed by atoms with Crippen molar-refractivity contribution in [3.05, 3.63) is 42.5 Å². The number of benzene rings is 2. The minimum atomic E-state index is -1.08. The molecular formula is C27H32N2O6. The van der Waals surface area contributed by atoms with E-state index in [1.54, 1.807) is 11.8 Å². The highest BCUT2D eigenvalue weighted by Gasteiger charge is 2.78. The first-order valence-corrected chi connectivity index (χ1v) is 12.4. The maximum absolute atomic E-state index is 13.8. The molecule has 35 heavy (non-hydrogen) atoms. The van der Waals surface area contributed by atoms with Crippen molar-refractivity contribution in [1.29, 1.82) is 0 Å². The molecule has 5 atom stereocenters. The number of rotatable bonds is 8. The first kappa shape index (κ1) is 23.8. The molecule has 8 nitrogen and oxygen atoms in total. The number of hydrogen-bond acceptors (Lipinski definition) is 6. The van der Waals surface area contributed by atoms with Gasteiger partial charge in [-0.05, 0) is 62.4 Å². The Balaban J connectivity index is 1.49. The van der Waals surface area contributed by atoms with Gasteiger partial charge in [0.15, 0.2) is 0 Å². The summed E-state index contributed by atoms with van der Waals surface area (Å²) in [5.41, 5.74) is -1.29. The molecule has 3 aliphatic rings. The zero-order valence-electron chi connectivity index (χ0n) is 20.2. The molecule has 8 heteroatoms. The molecule has 3 heterocycles. The van der Waals surface area contributed by atoms with Gasteiger partial charge in [-0.2, -0.15) is 0 Å². The summed E-state index contributed by atoms with van der Waals surface area (Å²) in [5.74, 6) is -2.53. The van der Waals surface area contributed by atoms with Gasteiger partial charge in [-0.25, -0.2) is 0 Å². The van der Waals surface area contributed by atoms with Gasteiger partial charge < -0.3 is 24.8 Å². The van der Waals surface area contributed by atoms with Crippen LogP contribution in [0.25, 0.3) is 10.8 Å². The molecule has 0 radical (unpaired) electrons. The number of ether oxygens (including phenoxy) is 2. The van der Waals surface area contributed by atoms with E-state index in [1.165, 1.54) is 0 Å². The summed E-state index contributed by atoms with van der Waals surface area (Å²) in [7, 11) is 0. The average Bonchev–Trinajstić information content (AvgIpc) is 3.40. The number of unbranched alkanes of at least 4 members (excludes halogenated alkanes) is 1. The number of nitrogens with zero attached hydrogens (tertiary/aromatic N) is 1. The highest BCUT2D eigenvalue weighted by molar-refractivity contribution is 6.04. The van der Waals surface area contributed by atoms with Crippen LogP contribution in [-0.4, -0.2) is 64.8 Å². The van der Waals surface area contributed by atoms with Crippen molar-refractivity contribution in [3.8, 4) is 0 Å². The van der Waals surface area contributed by atoms with Crippen LogP contribution in [-0.2, 0) is 23.9 Å². The maximum atomic E-state index is 13.8. The molecule has 0 aliphatic carbocycles. The molecular weight excluding hydrogens is 448 g/mol. The summed E-state index contributed by atoms with van der Waals surface area (Å²) >= 11 is 0. The molecule has 2 unspecified atom stereocenters. The molecule has 1 spiro atoms. The van der Waals surface area contributed by atoms with Crippen molar-refractivity contribution in [2.45, 2.75) is 56.8 Å². The van der Waals surface area contributed by atoms with Gasteiger partial charge in [0, 0.05) is 18.8 Å². The van der Waals surface area contributed by atoms with Crippen LogP contribution in [0.2, 0.25) is 0 Å². The Bertz CT molecular complexity index is 1170. The lowest BCUT2D eigenvalue weighted by atomic mass is 9.66. The smallest absolute Gasteiger partial charge is 0.312 e. The molecule has 0 saturated carbocycles. The average molecular weight is 481 g/mol. The van der Waals surface area contributed by atoms with E-state index in [9.17, 15) is 19.5 Å². The van der Waals surface area contributed by atoms with Gasteiger partial charge >= 0.3 is 5.97 Å². The lowest BCUT2D eigenvalue weighted by molar-refractivity contribution is -0.158. The van der Waals surface area contributed by atoms with Crippen LogP contribution in [0.1, 0.15) is 39.5 Å². The second-order valence-corrected chi connectivity index (χ2v) is 9.99. The minimum Gasteiger partial charge on any atom is -0.466 e. The van der Waals surface area contributed by atoms with E-state index in [-0.39, 0.29) is 25.0 Å². The zero-order valence-corrected chi connectivity index (χ0v) is 20.2. The van der Waals surface area contributed by atoms with E-state index in [2.05, 4.69) is 5.32 Å². The van der Waals surface area contributed by atoms with Crippen molar-refractivity contribution in [2.75, 3.05) is 25.1 Å². The lowest BCUT2D eigenvalue weighted by Crippen LogP contribution is -2.53. The first-order valence-electron chi connectivity index (χ1n) is 12.4. The van der Waals surface area contributed by atoms with Crippen LogP contribution in [0.4, 0.5) is 5.69 Å². The summed E-state index contributed by atoms with van der Waals surface area (Å²) < 4.78 is 11.9. The molecule has 2 amide bonds. The van der Waals surface area contributed by atoms with E-state index >= 15 is 0 Å². The fourth-order valence-electron chi connectivity index (χ4n) is 6.43. The SMILES string of the molecule is CCOC(=O)[C@H]1[C@H]2C(=O)N(CCCCO)C(C(=O)Nc3ccc4ccccc4c3)C23CC[C@]1(C)O3. The third-order valence-corrected chi connectivity index (χ3v) is 7.89. The minimum absolute atomic E-state index is 0.00454. The lowest BCUT2D eigenvalue weighted by Gasteiger charge is -2.33. The van der Waals surface area contributed by atoms with Crippen molar-refractivity contribution in [1.82, 2.24) is 4.90 Å². The molecule has 3 saturated heterocycles. The van der Waals surface area contributed by atoms with Crippen LogP contribution in [0.3, 0.4) is 0 Å². The van der Waals surface area contributed by atoms with Crippen molar-refractivity contribution < 1.29 is 29.0 Å². The van der Waals surface area contributed by atoms with Gasteiger partial charge in [0.1, 0.15) is 17.6 Å². The topological polar surface area (TPSA) is 105 Å². The fourth-order valence-corrected chi connectivity index (χ4v) is 6.43. The van der Waals surface area contributed by atoms with Crippen LogP contribution in [0.15, 0.2) is 42.5 Å². The van der Waals surface area contributed by atoms with Gasteiger partial charge in [0.25, 0.3) is 0 Å². The van der Waals surface area contributed by atoms with Gasteiger partial charge in [-0.15, -0.1) is 0 Å². The molecule has 3 fully saturated rings. The van der Waals surface area contributed by atoms with E-state index in [0.717, 1.165) is 10.8 Å². The summed E-state index contributed by atoms with van der Waals surface area (Å²) in [6.07, 6.45) is 2.15. The summed E-state index contributed by atoms with van der Waals surface area (Å²) in [6.45, 7) is 4.12. The van der Waals surface area contributed by atoms with Crippen LogP contribution in [0.5, 0.6) is 0 Å². The summed E-state index contributed by atoms with van der Waals surface area (Å²) in [4.78, 5) is 42.1. The molecule has 0 aromatic heterocycles. The number of aliphatic hydroxyl groups is 1. The monoisotopic (exact) mass is 480 g/mol. The van der Waals surface area contributed by atoms with Crippen molar-refractivity contribution >= 4 is 34.2 Å². The second-order valence-electron chi connectivity index (χ2n) is 9.99. The number of fused-ring (bicyclic) bond motifs is 2. The van der Waals surface area contributed by atoms with E-state index in [1.807, 2.05) is 49.4 Å². The molecule has 2 aromatic rings. The fraction of sp³-hybridized carbons (Fsp3) is 0.519. The van der Waals surface area contributed by atoms with Crippen LogP contribution >= 0.6 is 0 Å². The maximum Gasteiger partial charge on any atom is 0.312 e. The molecule has 2 bridgehead atoms. The Morgan fingerprint density at radius 2 is 1.94 bits per heavy atom. The van der Waals surface area contributed by atoms with Crippen LogP contribution in [0, 0.1) is 11.8 Å². The Hall–Kier alpha value is -2.97. The van der Waals surface area contributed by atoms with E-state index < -0.39 is 35.0 Å². The third kappa shape index (κ3) is 3.70. The van der Waals surface area contributed by atoms with Gasteiger partial charge in [-0.3, -0.25) is 14.4 Å². The number of carbonyl (C=O) groups is 3. The first-order chi connectivity index (χ1) is 16.8. The van der Waals surface area contributed by atoms with Gasteiger partial charge in [-0.1, -0.05) is 30.3 Å². The third-order valence-electron chi connectivity index (χ3n) is 7.89. The highest BCUT2D eigenvalue weighted by Crippen LogP contribution is 2.63. The van der Waals surface area contributed by atoms with E-state index in [0.29, 0.717) is 37.9 Å². The predicted octanol–water partition coefficient (Wildman–Crippen LogP) is 2.88. The molecule has 5 rings (SSSR count). The van der Waals surface area contributed by atoms with Crippen LogP contribution < -0.4 is 5.32 Å². The number of likely N-dealkylation sites (tertiary alicyclic amines) is 1. The standard InChI is InChI=1S/C27H32N2O6/c1-3-34-25(33)21-20-24(32)29(14-6-7-15-30)22(27(20)13-12-26(21,2)35-27)23(31)28-19-11-10-17-8-4-5-9-18(17)16-19/h4-5,8-11,16,20-22,30H,3,6-7,12-15H2,1-2H3,(H,28,31)/t20-,21+,22?,26-,27?/m0/s1. The quantitative estimate of drug-likeness (QED) is 0.445. The molecule has 3 aliphatic heterocycles. The Labute approximate surface area is 204 Å². The van der Waals surface area contributed by atoms with Gasteiger partial charge in [0.2, 0.25) is 11.8 Å². The molecule has 2 N–H and O–H groups in total. The highest BCUT2D eigenvalue weighted by atomic mass is 16.6. The number of anilines is 1. The summed E-state index contributed by atoms with van der Waals surface area (Å²) in [6, 6.07) is 12.7. The number of hydrogen-bond donors (Lipinski definition) is 2. The number of aliphatic hydroxyl groups excluding tert-OH is 1. The number of esters is 1. The summed E-state index contributed by atoms with van der Waals surface area (Å²) in [5, 5.41) is 14.3. The van der Waals surface area contributed by atoms with Crippen molar-refractivity contribution in [2.24, 2.45) is 11.8 Å². The normalized spacial score (nSPS) is 31.1. The predicted molar refractivity (Wildman–Crippen MR) is 129 cm³/mol. The number of nitrogens with one attached hydrogen (secondary N) is 1. The number of amides is 2. The van der Waals surface area contributed by atoms with E-state index in [4.69, 9.17) is 9.47 Å². The Morgan fingerprint density at radius 1 is 1.17 bits per heavy atom. The molecule has 186 valence electrons. The second kappa shape index (κ2) is 8.91. The number of carbonyl (C=O) groups excluding carboxylic acids is 3. The Morgan fingerprint density at radius 3 is 2.69 bits per heavy atom.